The summed E-state index contributed by atoms with van der Waals surface area (Å²) in [5, 5.41) is 10.3. The Balaban J connectivity index is 1.72. The Morgan fingerprint density at radius 1 is 1.27 bits per heavy atom. The van der Waals surface area contributed by atoms with Crippen LogP contribution in [0.15, 0.2) is 49.1 Å². The maximum atomic E-state index is 11.6. The lowest BCUT2D eigenvalue weighted by atomic mass is 9.70. The Hall–Kier alpha value is -2.46. The maximum Gasteiger partial charge on any atom is 0.335 e. The molecule has 1 atom stereocenters. The molecule has 4 rings (SSSR count). The first kappa shape index (κ1) is 20.8. The van der Waals surface area contributed by atoms with E-state index in [1.54, 1.807) is 18.2 Å². The molecule has 2 aliphatic rings. The molecule has 0 saturated heterocycles. The minimum atomic E-state index is -0.916. The molecule has 0 saturated carbocycles. The van der Waals surface area contributed by atoms with Gasteiger partial charge in [0.1, 0.15) is 5.75 Å². The molecule has 1 aliphatic carbocycles. The molecule has 0 bridgehead atoms. The number of fused-ring (bicyclic) bond motifs is 3. The van der Waals surface area contributed by atoms with Gasteiger partial charge in [-0.25, -0.2) is 4.79 Å². The molecule has 4 nitrogen and oxygen atoms in total. The van der Waals surface area contributed by atoms with E-state index >= 15 is 0 Å². The molecular formula is C25H28ClNO3. The molecule has 2 aromatic rings. The van der Waals surface area contributed by atoms with E-state index in [0.717, 1.165) is 68.1 Å². The molecule has 0 fully saturated rings. The summed E-state index contributed by atoms with van der Waals surface area (Å²) < 4.78 is 6.34. The molecule has 5 heteroatoms. The van der Waals surface area contributed by atoms with Gasteiger partial charge in [0.2, 0.25) is 0 Å². The fourth-order valence-electron chi connectivity index (χ4n) is 4.88. The SMILES string of the molecule is C=CCCCCN1C[C@@]2(CCCc3cc(Cl)ccc32)COc2ccc(C(=O)O)cc21. The molecule has 0 radical (unpaired) electrons. The first-order valence-corrected chi connectivity index (χ1v) is 11.1. The lowest BCUT2D eigenvalue weighted by molar-refractivity contribution is 0.0697. The van der Waals surface area contributed by atoms with E-state index in [9.17, 15) is 9.90 Å². The monoisotopic (exact) mass is 425 g/mol. The number of ether oxygens (including phenoxy) is 1. The average molecular weight is 426 g/mol. The van der Waals surface area contributed by atoms with Crippen LogP contribution in [0.1, 0.15) is 53.6 Å². The molecule has 0 unspecified atom stereocenters. The summed E-state index contributed by atoms with van der Waals surface area (Å²) in [6.07, 6.45) is 8.19. The lowest BCUT2D eigenvalue weighted by Crippen LogP contribution is -2.46. The fourth-order valence-corrected chi connectivity index (χ4v) is 5.07. The van der Waals surface area contributed by atoms with Crippen LogP contribution in [0.2, 0.25) is 5.02 Å². The number of aromatic carboxylic acids is 1. The Morgan fingerprint density at radius 3 is 2.93 bits per heavy atom. The van der Waals surface area contributed by atoms with Crippen LogP contribution in [-0.2, 0) is 11.8 Å². The predicted octanol–water partition coefficient (Wildman–Crippen LogP) is 5.87. The van der Waals surface area contributed by atoms with Gasteiger partial charge in [0.25, 0.3) is 0 Å². The molecule has 0 aromatic heterocycles. The summed E-state index contributed by atoms with van der Waals surface area (Å²) in [4.78, 5) is 13.9. The first-order chi connectivity index (χ1) is 14.5. The molecule has 158 valence electrons. The van der Waals surface area contributed by atoms with Gasteiger partial charge in [0.05, 0.1) is 17.9 Å². The summed E-state index contributed by atoms with van der Waals surface area (Å²) in [6, 6.07) is 11.4. The summed E-state index contributed by atoms with van der Waals surface area (Å²) in [5.74, 6) is -0.150. The number of nitrogens with zero attached hydrogens (tertiary/aromatic N) is 1. The number of carboxylic acids is 1. The molecule has 1 spiro atoms. The van der Waals surface area contributed by atoms with Gasteiger partial charge in [-0.15, -0.1) is 6.58 Å². The highest BCUT2D eigenvalue weighted by Crippen LogP contribution is 2.44. The van der Waals surface area contributed by atoms with Crippen LogP contribution in [0.4, 0.5) is 5.69 Å². The highest BCUT2D eigenvalue weighted by Gasteiger charge is 2.41. The number of carboxylic acid groups (broad SMARTS) is 1. The first-order valence-electron chi connectivity index (χ1n) is 10.7. The van der Waals surface area contributed by atoms with Crippen molar-refractivity contribution in [2.24, 2.45) is 0 Å². The summed E-state index contributed by atoms with van der Waals surface area (Å²) in [5.41, 5.74) is 3.67. The highest BCUT2D eigenvalue weighted by molar-refractivity contribution is 6.30. The number of benzene rings is 2. The van der Waals surface area contributed by atoms with Crippen molar-refractivity contribution in [2.45, 2.75) is 43.9 Å². The quantitative estimate of drug-likeness (QED) is 0.464. The van der Waals surface area contributed by atoms with Crippen molar-refractivity contribution in [3.8, 4) is 5.75 Å². The van der Waals surface area contributed by atoms with Crippen molar-refractivity contribution in [1.82, 2.24) is 0 Å². The summed E-state index contributed by atoms with van der Waals surface area (Å²) in [6.45, 7) is 6.08. The van der Waals surface area contributed by atoms with E-state index in [-0.39, 0.29) is 5.41 Å². The van der Waals surface area contributed by atoms with Gasteiger partial charge in [-0.2, -0.15) is 0 Å². The minimum absolute atomic E-state index is 0.126. The number of halogens is 1. The zero-order chi connectivity index (χ0) is 21.1. The predicted molar refractivity (Wildman–Crippen MR) is 121 cm³/mol. The van der Waals surface area contributed by atoms with Gasteiger partial charge in [-0.3, -0.25) is 0 Å². The molecule has 2 aromatic carbocycles. The maximum absolute atomic E-state index is 11.6. The summed E-state index contributed by atoms with van der Waals surface area (Å²) in [7, 11) is 0. The fraction of sp³-hybridized carbons (Fsp3) is 0.400. The third kappa shape index (κ3) is 4.06. The number of hydrogen-bond acceptors (Lipinski definition) is 3. The average Bonchev–Trinajstić information content (AvgIpc) is 2.88. The van der Waals surface area contributed by atoms with E-state index < -0.39 is 5.97 Å². The third-order valence-corrected chi connectivity index (χ3v) is 6.61. The van der Waals surface area contributed by atoms with Crippen molar-refractivity contribution in [1.29, 1.82) is 0 Å². The molecule has 1 aliphatic heterocycles. The van der Waals surface area contributed by atoms with Crippen LogP contribution < -0.4 is 9.64 Å². The van der Waals surface area contributed by atoms with Crippen molar-refractivity contribution >= 4 is 23.3 Å². The number of carbonyl (C=O) groups is 1. The molecule has 1 N–H and O–H groups in total. The largest absolute Gasteiger partial charge is 0.490 e. The second-order valence-electron chi connectivity index (χ2n) is 8.42. The van der Waals surface area contributed by atoms with Gasteiger partial charge in [-0.1, -0.05) is 23.7 Å². The van der Waals surface area contributed by atoms with Crippen LogP contribution in [0.3, 0.4) is 0 Å². The Labute approximate surface area is 183 Å². The number of rotatable bonds is 6. The number of hydrogen-bond donors (Lipinski definition) is 1. The van der Waals surface area contributed by atoms with Crippen LogP contribution in [-0.4, -0.2) is 30.8 Å². The Bertz CT molecular complexity index is 957. The van der Waals surface area contributed by atoms with Crippen LogP contribution in [0, 0.1) is 0 Å². The van der Waals surface area contributed by atoms with Crippen molar-refractivity contribution in [3.63, 3.8) is 0 Å². The normalized spacial score (nSPS) is 20.1. The second kappa shape index (κ2) is 8.73. The van der Waals surface area contributed by atoms with Gasteiger partial charge in [0.15, 0.2) is 0 Å². The minimum Gasteiger partial charge on any atom is -0.490 e. The number of allylic oxidation sites excluding steroid dienone is 1. The van der Waals surface area contributed by atoms with E-state index in [1.807, 2.05) is 12.1 Å². The van der Waals surface area contributed by atoms with Crippen molar-refractivity contribution < 1.29 is 14.6 Å². The molecule has 30 heavy (non-hydrogen) atoms. The van der Waals surface area contributed by atoms with E-state index in [2.05, 4.69) is 23.6 Å². The van der Waals surface area contributed by atoms with Crippen LogP contribution >= 0.6 is 11.6 Å². The second-order valence-corrected chi connectivity index (χ2v) is 8.85. The van der Waals surface area contributed by atoms with E-state index in [0.29, 0.717) is 12.2 Å². The van der Waals surface area contributed by atoms with Gasteiger partial charge < -0.3 is 14.7 Å². The zero-order valence-electron chi connectivity index (χ0n) is 17.2. The molecular weight excluding hydrogens is 398 g/mol. The van der Waals surface area contributed by atoms with Gasteiger partial charge >= 0.3 is 5.97 Å². The molecule has 1 heterocycles. The standard InChI is InChI=1S/C25H28ClNO3/c1-2-3-4-5-13-27-16-25(12-6-7-18-14-20(26)9-10-21(18)25)17-30-23-11-8-19(24(28)29)15-22(23)27/h2,8-11,14-15H,1,3-7,12-13,16-17H2,(H,28,29)/t25-/m0/s1. The van der Waals surface area contributed by atoms with Gasteiger partial charge in [0, 0.05) is 23.5 Å². The number of unbranched alkanes of at least 4 members (excludes halogenated alkanes) is 2. The van der Waals surface area contributed by atoms with Crippen LogP contribution in [0.5, 0.6) is 5.75 Å². The highest BCUT2D eigenvalue weighted by atomic mass is 35.5. The zero-order valence-corrected chi connectivity index (χ0v) is 18.0. The molecule has 0 amide bonds. The van der Waals surface area contributed by atoms with E-state index in [1.165, 1.54) is 11.1 Å². The Morgan fingerprint density at radius 2 is 2.13 bits per heavy atom. The summed E-state index contributed by atoms with van der Waals surface area (Å²) >= 11 is 6.28. The van der Waals surface area contributed by atoms with Gasteiger partial charge in [-0.05, 0) is 80.0 Å². The topological polar surface area (TPSA) is 49.8 Å². The van der Waals surface area contributed by atoms with Crippen molar-refractivity contribution in [2.75, 3.05) is 24.6 Å². The third-order valence-electron chi connectivity index (χ3n) is 6.37. The number of anilines is 1. The van der Waals surface area contributed by atoms with E-state index in [4.69, 9.17) is 16.3 Å². The van der Waals surface area contributed by atoms with Crippen molar-refractivity contribution in [3.05, 3.63) is 70.8 Å². The number of aryl methyl sites for hydroxylation is 1. The van der Waals surface area contributed by atoms with Crippen LogP contribution in [0.25, 0.3) is 0 Å². The lowest BCUT2D eigenvalue weighted by Gasteiger charge is -2.41. The smallest absolute Gasteiger partial charge is 0.335 e. The Kier molecular flexibility index (Phi) is 6.05.